The molecule has 2 rings (SSSR count). The summed E-state index contributed by atoms with van der Waals surface area (Å²) in [4.78, 5) is 10.9. The Morgan fingerprint density at radius 1 is 1.59 bits per heavy atom. The molecule has 1 aromatic heterocycles. The topological polar surface area (TPSA) is 55.1 Å². The van der Waals surface area contributed by atoms with Gasteiger partial charge in [0.25, 0.3) is 0 Å². The van der Waals surface area contributed by atoms with Gasteiger partial charge in [0, 0.05) is 12.4 Å². The molecule has 0 radical (unpaired) electrons. The summed E-state index contributed by atoms with van der Waals surface area (Å²) in [6, 6.07) is 5.86. The fourth-order valence-corrected chi connectivity index (χ4v) is 2.61. The van der Waals surface area contributed by atoms with Crippen LogP contribution >= 0.6 is 15.9 Å². The van der Waals surface area contributed by atoms with Gasteiger partial charge < -0.3 is 5.11 Å². The van der Waals surface area contributed by atoms with Crippen LogP contribution in [-0.2, 0) is 18.3 Å². The van der Waals surface area contributed by atoms with Gasteiger partial charge in [0.1, 0.15) is 4.60 Å². The number of aliphatic carboxylic acids is 1. The Morgan fingerprint density at radius 3 is 2.94 bits per heavy atom. The second-order valence-corrected chi connectivity index (χ2v) is 4.92. The molecule has 17 heavy (non-hydrogen) atoms. The standard InChI is InChI=1S/C12H13BrN2O2/c1-7(12(16)17)6-8-4-3-5-9-10(8)11(13)14-15(9)2/h3-5,7H,6H2,1-2H3,(H,16,17). The summed E-state index contributed by atoms with van der Waals surface area (Å²) in [5.41, 5.74) is 2.02. The number of hydrogen-bond acceptors (Lipinski definition) is 2. The quantitative estimate of drug-likeness (QED) is 0.947. The molecule has 0 fully saturated rings. The highest BCUT2D eigenvalue weighted by Crippen LogP contribution is 2.27. The molecule has 1 heterocycles. The average Bonchev–Trinajstić information content (AvgIpc) is 2.55. The second kappa shape index (κ2) is 4.49. The Labute approximate surface area is 107 Å². The molecule has 0 spiro atoms. The maximum Gasteiger partial charge on any atom is 0.306 e. The van der Waals surface area contributed by atoms with Gasteiger partial charge in [-0.2, -0.15) is 5.10 Å². The van der Waals surface area contributed by atoms with Gasteiger partial charge in [-0.25, -0.2) is 0 Å². The van der Waals surface area contributed by atoms with Crippen molar-refractivity contribution >= 4 is 32.8 Å². The second-order valence-electron chi connectivity index (χ2n) is 4.17. The van der Waals surface area contributed by atoms with Crippen LogP contribution in [0.25, 0.3) is 10.9 Å². The first-order valence-corrected chi connectivity index (χ1v) is 6.13. The van der Waals surface area contributed by atoms with Crippen LogP contribution in [0.2, 0.25) is 0 Å². The molecule has 1 aromatic carbocycles. The van der Waals surface area contributed by atoms with Gasteiger partial charge in [-0.1, -0.05) is 19.1 Å². The van der Waals surface area contributed by atoms with E-state index in [0.29, 0.717) is 6.42 Å². The van der Waals surface area contributed by atoms with Crippen molar-refractivity contribution in [3.05, 3.63) is 28.4 Å². The molecule has 0 aliphatic carbocycles. The van der Waals surface area contributed by atoms with E-state index in [-0.39, 0.29) is 0 Å². The number of carbonyl (C=O) groups is 1. The lowest BCUT2D eigenvalue weighted by molar-refractivity contribution is -0.141. The number of halogens is 1. The van der Waals surface area contributed by atoms with Gasteiger partial charge in [-0.3, -0.25) is 9.48 Å². The van der Waals surface area contributed by atoms with Crippen molar-refractivity contribution in [3.63, 3.8) is 0 Å². The zero-order chi connectivity index (χ0) is 12.6. The van der Waals surface area contributed by atoms with Gasteiger partial charge in [0.15, 0.2) is 0 Å². The lowest BCUT2D eigenvalue weighted by atomic mass is 9.99. The zero-order valence-corrected chi connectivity index (χ0v) is 11.2. The molecule has 1 unspecified atom stereocenters. The molecule has 0 saturated carbocycles. The number of aryl methyl sites for hydroxylation is 1. The molecule has 0 aliphatic heterocycles. The van der Waals surface area contributed by atoms with E-state index in [1.165, 1.54) is 0 Å². The monoisotopic (exact) mass is 296 g/mol. The van der Waals surface area contributed by atoms with Crippen LogP contribution in [0.1, 0.15) is 12.5 Å². The van der Waals surface area contributed by atoms with Crippen molar-refractivity contribution in [2.24, 2.45) is 13.0 Å². The molecule has 1 N–H and O–H groups in total. The predicted molar refractivity (Wildman–Crippen MR) is 68.9 cm³/mol. The largest absolute Gasteiger partial charge is 0.481 e. The van der Waals surface area contributed by atoms with Crippen molar-refractivity contribution in [3.8, 4) is 0 Å². The van der Waals surface area contributed by atoms with E-state index >= 15 is 0 Å². The number of fused-ring (bicyclic) bond motifs is 1. The summed E-state index contributed by atoms with van der Waals surface area (Å²) in [5, 5.41) is 14.2. The number of carboxylic acids is 1. The minimum Gasteiger partial charge on any atom is -0.481 e. The molecule has 1 atom stereocenters. The van der Waals surface area contributed by atoms with Crippen LogP contribution in [0, 0.1) is 5.92 Å². The van der Waals surface area contributed by atoms with Crippen molar-refractivity contribution in [1.29, 1.82) is 0 Å². The number of rotatable bonds is 3. The van der Waals surface area contributed by atoms with Gasteiger partial charge in [-0.05, 0) is 34.0 Å². The van der Waals surface area contributed by atoms with Crippen LogP contribution in [-0.4, -0.2) is 20.9 Å². The maximum absolute atomic E-state index is 10.9. The van der Waals surface area contributed by atoms with E-state index in [1.54, 1.807) is 11.6 Å². The van der Waals surface area contributed by atoms with Crippen LogP contribution in [0.4, 0.5) is 0 Å². The smallest absolute Gasteiger partial charge is 0.306 e. The van der Waals surface area contributed by atoms with Gasteiger partial charge >= 0.3 is 5.97 Å². The number of benzene rings is 1. The lowest BCUT2D eigenvalue weighted by Gasteiger charge is -2.07. The van der Waals surface area contributed by atoms with Crippen LogP contribution < -0.4 is 0 Å². The normalized spacial score (nSPS) is 12.9. The van der Waals surface area contributed by atoms with Crippen molar-refractivity contribution in [2.45, 2.75) is 13.3 Å². The molecule has 2 aromatic rings. The van der Waals surface area contributed by atoms with Gasteiger partial charge in [0.05, 0.1) is 11.4 Å². The third-order valence-electron chi connectivity index (χ3n) is 2.87. The molecule has 90 valence electrons. The summed E-state index contributed by atoms with van der Waals surface area (Å²) in [7, 11) is 1.87. The lowest BCUT2D eigenvalue weighted by Crippen LogP contribution is -2.12. The molecular weight excluding hydrogens is 284 g/mol. The molecule has 4 nitrogen and oxygen atoms in total. The van der Waals surface area contributed by atoms with E-state index < -0.39 is 11.9 Å². The van der Waals surface area contributed by atoms with E-state index in [4.69, 9.17) is 5.11 Å². The fourth-order valence-electron chi connectivity index (χ4n) is 1.92. The maximum atomic E-state index is 10.9. The minimum atomic E-state index is -0.776. The van der Waals surface area contributed by atoms with E-state index in [2.05, 4.69) is 21.0 Å². The number of hydrogen-bond donors (Lipinski definition) is 1. The Bertz CT molecular complexity index is 577. The van der Waals surface area contributed by atoms with Crippen LogP contribution in [0.5, 0.6) is 0 Å². The Hall–Kier alpha value is -1.36. The Balaban J connectivity index is 2.51. The molecule has 0 amide bonds. The average molecular weight is 297 g/mol. The van der Waals surface area contributed by atoms with Crippen LogP contribution in [0.3, 0.4) is 0 Å². The first-order chi connectivity index (χ1) is 8.00. The van der Waals surface area contributed by atoms with Gasteiger partial charge in [-0.15, -0.1) is 0 Å². The highest BCUT2D eigenvalue weighted by atomic mass is 79.9. The zero-order valence-electron chi connectivity index (χ0n) is 9.64. The first kappa shape index (κ1) is 12.1. The number of aromatic nitrogens is 2. The van der Waals surface area contributed by atoms with E-state index in [0.717, 1.165) is 21.1 Å². The first-order valence-electron chi connectivity index (χ1n) is 5.33. The third-order valence-corrected chi connectivity index (χ3v) is 3.42. The summed E-state index contributed by atoms with van der Waals surface area (Å²) < 4.78 is 2.55. The van der Waals surface area contributed by atoms with Crippen LogP contribution in [0.15, 0.2) is 22.8 Å². The highest BCUT2D eigenvalue weighted by Gasteiger charge is 2.16. The number of carboxylic acid groups (broad SMARTS) is 1. The summed E-state index contributed by atoms with van der Waals surface area (Å²) >= 11 is 3.42. The minimum absolute atomic E-state index is 0.396. The van der Waals surface area contributed by atoms with Gasteiger partial charge in [0.2, 0.25) is 0 Å². The van der Waals surface area contributed by atoms with Crippen molar-refractivity contribution in [2.75, 3.05) is 0 Å². The molecule has 0 aliphatic rings. The predicted octanol–water partition coefficient (Wildman–Crippen LogP) is 2.60. The van der Waals surface area contributed by atoms with Crippen molar-refractivity contribution < 1.29 is 9.90 Å². The molecular formula is C12H13BrN2O2. The Kier molecular flexibility index (Phi) is 3.19. The number of nitrogens with zero attached hydrogens (tertiary/aromatic N) is 2. The van der Waals surface area contributed by atoms with E-state index in [9.17, 15) is 4.79 Å². The molecule has 5 heteroatoms. The highest BCUT2D eigenvalue weighted by molar-refractivity contribution is 9.10. The Morgan fingerprint density at radius 2 is 2.29 bits per heavy atom. The summed E-state index contributed by atoms with van der Waals surface area (Å²) in [6.45, 7) is 1.71. The molecule has 0 bridgehead atoms. The third kappa shape index (κ3) is 2.20. The van der Waals surface area contributed by atoms with Crippen molar-refractivity contribution in [1.82, 2.24) is 9.78 Å². The SMILES string of the molecule is CC(Cc1cccc2c1c(Br)nn2C)C(=O)O. The summed E-state index contributed by atoms with van der Waals surface area (Å²) in [5.74, 6) is -1.17. The molecule has 0 saturated heterocycles. The fraction of sp³-hybridized carbons (Fsp3) is 0.333. The van der Waals surface area contributed by atoms with E-state index in [1.807, 2.05) is 25.2 Å². The summed E-state index contributed by atoms with van der Waals surface area (Å²) in [6.07, 6.45) is 0.511.